The van der Waals surface area contributed by atoms with Crippen LogP contribution in [0.4, 0.5) is 0 Å². The van der Waals surface area contributed by atoms with E-state index in [1.54, 1.807) is 0 Å². The summed E-state index contributed by atoms with van der Waals surface area (Å²) < 4.78 is 10.5. The summed E-state index contributed by atoms with van der Waals surface area (Å²) in [7, 11) is 0. The van der Waals surface area contributed by atoms with Crippen LogP contribution in [0.2, 0.25) is 0 Å². The van der Waals surface area contributed by atoms with Crippen LogP contribution in [0.25, 0.3) is 10.8 Å². The van der Waals surface area contributed by atoms with E-state index in [1.165, 1.54) is 0 Å². The third-order valence-corrected chi connectivity index (χ3v) is 4.35. The van der Waals surface area contributed by atoms with Crippen LogP contribution in [0, 0.1) is 0 Å². The Labute approximate surface area is 164 Å². The predicted octanol–water partition coefficient (Wildman–Crippen LogP) is 4.03. The van der Waals surface area contributed by atoms with E-state index < -0.39 is 5.97 Å². The number of hydrogen-bond donors (Lipinski definition) is 1. The zero-order valence-electron chi connectivity index (χ0n) is 15.8. The van der Waals surface area contributed by atoms with E-state index in [4.69, 9.17) is 9.47 Å². The number of hydrogen-bond acceptors (Lipinski definition) is 4. The zero-order valence-corrected chi connectivity index (χ0v) is 15.8. The van der Waals surface area contributed by atoms with Gasteiger partial charge in [0.25, 0.3) is 5.91 Å². The Hall–Kier alpha value is -3.34. The van der Waals surface area contributed by atoms with E-state index in [0.717, 1.165) is 16.3 Å². The number of benzene rings is 3. The van der Waals surface area contributed by atoms with E-state index in [1.807, 2.05) is 79.7 Å². The third-order valence-electron chi connectivity index (χ3n) is 4.35. The minimum Gasteiger partial charge on any atom is -0.493 e. The summed E-state index contributed by atoms with van der Waals surface area (Å²) in [5.74, 6) is -0.112. The third kappa shape index (κ3) is 5.33. The highest BCUT2D eigenvalue weighted by atomic mass is 16.5. The van der Waals surface area contributed by atoms with Crippen molar-refractivity contribution < 1.29 is 19.1 Å². The van der Waals surface area contributed by atoms with Crippen molar-refractivity contribution in [1.82, 2.24) is 5.32 Å². The molecule has 0 aliphatic heterocycles. The molecule has 0 radical (unpaired) electrons. The Balaban J connectivity index is 1.44. The van der Waals surface area contributed by atoms with Gasteiger partial charge in [-0.25, -0.2) is 0 Å². The van der Waals surface area contributed by atoms with Crippen LogP contribution in [-0.4, -0.2) is 25.1 Å². The summed E-state index contributed by atoms with van der Waals surface area (Å²) >= 11 is 0. The van der Waals surface area contributed by atoms with Crippen molar-refractivity contribution in [2.45, 2.75) is 19.4 Å². The first-order valence-electron chi connectivity index (χ1n) is 9.24. The van der Waals surface area contributed by atoms with Gasteiger partial charge in [-0.05, 0) is 35.4 Å². The molecule has 3 aromatic carbocycles. The average molecular weight is 377 g/mol. The van der Waals surface area contributed by atoms with Gasteiger partial charge < -0.3 is 14.8 Å². The molecule has 0 spiro atoms. The lowest BCUT2D eigenvalue weighted by Crippen LogP contribution is -2.31. The first-order chi connectivity index (χ1) is 13.6. The minimum atomic E-state index is -0.469. The molecular weight excluding hydrogens is 354 g/mol. The Morgan fingerprint density at radius 1 is 0.929 bits per heavy atom. The summed E-state index contributed by atoms with van der Waals surface area (Å²) in [6.07, 6.45) is 0.0844. The fourth-order valence-electron chi connectivity index (χ4n) is 2.98. The van der Waals surface area contributed by atoms with Crippen LogP contribution in [0.1, 0.15) is 24.9 Å². The molecule has 0 fully saturated rings. The van der Waals surface area contributed by atoms with E-state index in [9.17, 15) is 9.59 Å². The number of amides is 1. The average Bonchev–Trinajstić information content (AvgIpc) is 2.72. The first-order valence-corrected chi connectivity index (χ1v) is 9.24. The van der Waals surface area contributed by atoms with Crippen LogP contribution in [0.3, 0.4) is 0 Å². The lowest BCUT2D eigenvalue weighted by atomic mass is 10.00. The molecule has 3 rings (SSSR count). The number of esters is 1. The first kappa shape index (κ1) is 19.4. The Morgan fingerprint density at radius 2 is 1.64 bits per heavy atom. The molecule has 0 bridgehead atoms. The quantitative estimate of drug-likeness (QED) is 0.602. The predicted molar refractivity (Wildman–Crippen MR) is 108 cm³/mol. The Morgan fingerprint density at radius 3 is 2.46 bits per heavy atom. The topological polar surface area (TPSA) is 64.6 Å². The van der Waals surface area contributed by atoms with Crippen molar-refractivity contribution in [1.29, 1.82) is 0 Å². The molecule has 0 heterocycles. The van der Waals surface area contributed by atoms with Crippen LogP contribution >= 0.6 is 0 Å². The number of fused-ring (bicyclic) bond motifs is 1. The van der Waals surface area contributed by atoms with Crippen molar-refractivity contribution in [3.8, 4) is 5.75 Å². The van der Waals surface area contributed by atoms with Crippen LogP contribution < -0.4 is 10.1 Å². The molecule has 0 aliphatic rings. The highest BCUT2D eigenvalue weighted by molar-refractivity contribution is 5.87. The standard InChI is InChI=1S/C23H23NO4/c1-17(20-13-7-9-18-8-5-6-12-21(18)20)24-22(25)16-28-23(26)14-15-27-19-10-3-2-4-11-19/h2-13,17H,14-16H2,1H3,(H,24,25)/t17-/m0/s1. The largest absolute Gasteiger partial charge is 0.493 e. The summed E-state index contributed by atoms with van der Waals surface area (Å²) in [4.78, 5) is 23.9. The summed E-state index contributed by atoms with van der Waals surface area (Å²) in [5.41, 5.74) is 1.02. The zero-order chi connectivity index (χ0) is 19.8. The fourth-order valence-corrected chi connectivity index (χ4v) is 2.98. The van der Waals surface area contributed by atoms with E-state index >= 15 is 0 Å². The van der Waals surface area contributed by atoms with Gasteiger partial charge in [0, 0.05) is 0 Å². The lowest BCUT2D eigenvalue weighted by Gasteiger charge is -2.16. The maximum atomic E-state index is 12.1. The molecule has 5 nitrogen and oxygen atoms in total. The number of ether oxygens (including phenoxy) is 2. The van der Waals surface area contributed by atoms with Gasteiger partial charge in [-0.2, -0.15) is 0 Å². The molecule has 1 atom stereocenters. The second-order valence-corrected chi connectivity index (χ2v) is 6.43. The summed E-state index contributed by atoms with van der Waals surface area (Å²) in [6.45, 7) is 1.81. The molecule has 3 aromatic rings. The van der Waals surface area contributed by atoms with Gasteiger partial charge in [0.05, 0.1) is 19.1 Å². The van der Waals surface area contributed by atoms with Crippen molar-refractivity contribution in [3.63, 3.8) is 0 Å². The second-order valence-electron chi connectivity index (χ2n) is 6.43. The smallest absolute Gasteiger partial charge is 0.309 e. The number of carbonyl (C=O) groups excluding carboxylic acids is 2. The van der Waals surface area contributed by atoms with Crippen molar-refractivity contribution in [3.05, 3.63) is 78.4 Å². The summed E-state index contributed by atoms with van der Waals surface area (Å²) in [6, 6.07) is 23.0. The fraction of sp³-hybridized carbons (Fsp3) is 0.217. The van der Waals surface area contributed by atoms with Gasteiger partial charge in [0.15, 0.2) is 6.61 Å². The highest BCUT2D eigenvalue weighted by Crippen LogP contribution is 2.23. The van der Waals surface area contributed by atoms with Gasteiger partial charge in [-0.3, -0.25) is 9.59 Å². The molecule has 0 unspecified atom stereocenters. The molecule has 0 aromatic heterocycles. The summed E-state index contributed by atoms with van der Waals surface area (Å²) in [5, 5.41) is 5.09. The molecule has 144 valence electrons. The molecule has 1 amide bonds. The molecule has 1 N–H and O–H groups in total. The lowest BCUT2D eigenvalue weighted by molar-refractivity contribution is -0.149. The number of carbonyl (C=O) groups is 2. The van der Waals surface area contributed by atoms with E-state index in [-0.39, 0.29) is 31.6 Å². The minimum absolute atomic E-state index is 0.0844. The normalized spacial score (nSPS) is 11.6. The molecule has 0 saturated heterocycles. The van der Waals surface area contributed by atoms with E-state index in [0.29, 0.717) is 5.75 Å². The van der Waals surface area contributed by atoms with Crippen LogP contribution in [0.15, 0.2) is 72.8 Å². The monoisotopic (exact) mass is 377 g/mol. The van der Waals surface area contributed by atoms with Gasteiger partial charge in [0.2, 0.25) is 0 Å². The number of nitrogens with one attached hydrogen (secondary N) is 1. The Kier molecular flexibility index (Phi) is 6.63. The maximum absolute atomic E-state index is 12.1. The van der Waals surface area contributed by atoms with Crippen LogP contribution in [0.5, 0.6) is 5.75 Å². The molecule has 5 heteroatoms. The highest BCUT2D eigenvalue weighted by Gasteiger charge is 2.14. The van der Waals surface area contributed by atoms with Crippen LogP contribution in [-0.2, 0) is 14.3 Å². The van der Waals surface area contributed by atoms with Crippen molar-refractivity contribution in [2.24, 2.45) is 0 Å². The van der Waals surface area contributed by atoms with Gasteiger partial charge in [0.1, 0.15) is 5.75 Å². The Bertz CT molecular complexity index is 934. The van der Waals surface area contributed by atoms with Gasteiger partial charge >= 0.3 is 5.97 Å². The maximum Gasteiger partial charge on any atom is 0.309 e. The molecule has 0 saturated carbocycles. The second kappa shape index (κ2) is 9.55. The van der Waals surface area contributed by atoms with Crippen molar-refractivity contribution >= 4 is 22.6 Å². The van der Waals surface area contributed by atoms with E-state index in [2.05, 4.69) is 5.32 Å². The van der Waals surface area contributed by atoms with Gasteiger partial charge in [-0.15, -0.1) is 0 Å². The molecule has 0 aliphatic carbocycles. The van der Waals surface area contributed by atoms with Gasteiger partial charge in [-0.1, -0.05) is 60.7 Å². The molecule has 28 heavy (non-hydrogen) atoms. The number of rotatable bonds is 8. The van der Waals surface area contributed by atoms with Crippen molar-refractivity contribution in [2.75, 3.05) is 13.2 Å². The number of para-hydroxylation sites is 1. The SMILES string of the molecule is C[C@H](NC(=O)COC(=O)CCOc1ccccc1)c1cccc2ccccc12. The molecular formula is C23H23NO4.